The van der Waals surface area contributed by atoms with Gasteiger partial charge in [0.25, 0.3) is 0 Å². The van der Waals surface area contributed by atoms with Crippen molar-refractivity contribution in [3.05, 3.63) is 90.1 Å². The van der Waals surface area contributed by atoms with Gasteiger partial charge in [-0.05, 0) is 58.4 Å². The number of urea groups is 1. The zero-order chi connectivity index (χ0) is 20.4. The topological polar surface area (TPSA) is 57.3 Å². The first-order valence-corrected chi connectivity index (χ1v) is 9.34. The van der Waals surface area contributed by atoms with Gasteiger partial charge in [0.15, 0.2) is 5.82 Å². The molecule has 1 aromatic heterocycles. The van der Waals surface area contributed by atoms with Gasteiger partial charge in [0.05, 0.1) is 5.69 Å². The van der Waals surface area contributed by atoms with Crippen molar-refractivity contribution in [3.63, 3.8) is 0 Å². The highest BCUT2D eigenvalue weighted by Crippen LogP contribution is 2.28. The van der Waals surface area contributed by atoms with Crippen molar-refractivity contribution in [1.29, 1.82) is 0 Å². The van der Waals surface area contributed by atoms with Crippen LogP contribution >= 0.6 is 0 Å². The minimum absolute atomic E-state index is 0.315. The Hall–Kier alpha value is -3.34. The van der Waals surface area contributed by atoms with Gasteiger partial charge in [-0.15, -0.1) is 0 Å². The number of anilines is 2. The summed E-state index contributed by atoms with van der Waals surface area (Å²) in [6.45, 7) is 7.85. The molecule has 0 unspecified atom stereocenters. The molecule has 0 spiro atoms. The molecule has 1 heterocycles. The maximum Gasteiger partial charge on any atom is 0.323 e. The maximum atomic E-state index is 12.5. The lowest BCUT2D eigenvalue weighted by molar-refractivity contribution is 0.254. The maximum absolute atomic E-state index is 12.5. The van der Waals surface area contributed by atoms with Crippen LogP contribution in [0.4, 0.5) is 16.3 Å². The fraction of sp³-hybridized carbons (Fsp3) is 0.217. The van der Waals surface area contributed by atoms with Crippen molar-refractivity contribution in [2.45, 2.75) is 34.1 Å². The van der Waals surface area contributed by atoms with Crippen molar-refractivity contribution < 1.29 is 4.79 Å². The average molecular weight is 377 g/mol. The predicted molar refractivity (Wildman–Crippen MR) is 118 cm³/mol. The highest BCUT2D eigenvalue weighted by Gasteiger charge is 2.16. The van der Waals surface area contributed by atoms with Crippen LogP contribution in [-0.2, 0) is 0 Å². The number of hydrogen-bond acceptors (Lipinski definition) is 3. The van der Waals surface area contributed by atoms with Gasteiger partial charge < -0.3 is 15.5 Å². The van der Waals surface area contributed by atoms with Gasteiger partial charge in [0.1, 0.15) is 0 Å². The summed E-state index contributed by atoms with van der Waals surface area (Å²) in [5.74, 6) is 0.657. The molecule has 0 aliphatic heterocycles. The fourth-order valence-electron chi connectivity index (χ4n) is 2.62. The molecule has 1 aliphatic rings. The number of carbonyl (C=O) groups excluding carboxylic acids is 1. The minimum atomic E-state index is -0.315. The molecule has 0 aromatic carbocycles. The summed E-state index contributed by atoms with van der Waals surface area (Å²) < 4.78 is 0. The highest BCUT2D eigenvalue weighted by molar-refractivity contribution is 5.94. The molecule has 2 amide bonds. The second kappa shape index (κ2) is 10.7. The lowest BCUT2D eigenvalue weighted by Crippen LogP contribution is -2.28. The van der Waals surface area contributed by atoms with Crippen LogP contribution in [-0.4, -0.2) is 11.0 Å². The average Bonchev–Trinajstić information content (AvgIpc) is 2.95. The van der Waals surface area contributed by atoms with Gasteiger partial charge in [-0.25, -0.2) is 9.78 Å². The fourth-order valence-corrected chi connectivity index (χ4v) is 2.62. The van der Waals surface area contributed by atoms with Crippen molar-refractivity contribution in [1.82, 2.24) is 10.3 Å². The summed E-state index contributed by atoms with van der Waals surface area (Å²) in [5, 5.41) is 5.75. The van der Waals surface area contributed by atoms with Gasteiger partial charge in [0, 0.05) is 23.8 Å². The number of amides is 2. The summed E-state index contributed by atoms with van der Waals surface area (Å²) >= 11 is 0. The highest BCUT2D eigenvalue weighted by atomic mass is 16.2. The third kappa shape index (κ3) is 6.13. The zero-order valence-corrected chi connectivity index (χ0v) is 16.9. The molecule has 0 saturated carbocycles. The van der Waals surface area contributed by atoms with E-state index in [9.17, 15) is 4.79 Å². The summed E-state index contributed by atoms with van der Waals surface area (Å²) in [5.41, 5.74) is 3.47. The molecule has 5 heteroatoms. The van der Waals surface area contributed by atoms with Crippen LogP contribution < -0.4 is 15.5 Å². The van der Waals surface area contributed by atoms with E-state index in [2.05, 4.69) is 27.8 Å². The van der Waals surface area contributed by atoms with Gasteiger partial charge in [-0.1, -0.05) is 42.0 Å². The Labute approximate surface area is 167 Å². The lowest BCUT2D eigenvalue weighted by Gasteiger charge is -2.24. The zero-order valence-electron chi connectivity index (χ0n) is 16.9. The quantitative estimate of drug-likeness (QED) is 0.616. The predicted octanol–water partition coefficient (Wildman–Crippen LogP) is 5.81. The molecule has 0 fully saturated rings. The number of allylic oxidation sites excluding steroid dienone is 9. The molecule has 0 radical (unpaired) electrons. The van der Waals surface area contributed by atoms with Crippen LogP contribution in [0.25, 0.3) is 0 Å². The van der Waals surface area contributed by atoms with Gasteiger partial charge >= 0.3 is 6.03 Å². The van der Waals surface area contributed by atoms with Crippen LogP contribution in [0.2, 0.25) is 0 Å². The second-order valence-electron chi connectivity index (χ2n) is 6.43. The van der Waals surface area contributed by atoms with Crippen LogP contribution in [0.1, 0.15) is 34.1 Å². The van der Waals surface area contributed by atoms with E-state index in [1.54, 1.807) is 12.3 Å². The Morgan fingerprint density at radius 3 is 2.79 bits per heavy atom. The molecular weight excluding hydrogens is 348 g/mol. The van der Waals surface area contributed by atoms with Crippen LogP contribution in [0, 0.1) is 0 Å². The molecule has 1 aliphatic carbocycles. The number of aromatic nitrogens is 1. The molecule has 2 rings (SSSR count). The summed E-state index contributed by atoms with van der Waals surface area (Å²) in [7, 11) is 0. The number of nitrogens with zero attached hydrogens (tertiary/aromatic N) is 2. The molecule has 5 nitrogen and oxygen atoms in total. The monoisotopic (exact) mass is 376 g/mol. The van der Waals surface area contributed by atoms with E-state index in [4.69, 9.17) is 0 Å². The number of hydrogen-bond donors (Lipinski definition) is 2. The standard InChI is InChI=1S/C23H28N4O/c1-5-12-19(6-2)25-23(28)26-21-15-11-16-24-22(21)27(17-18(3)4)20-13-9-7-8-10-14-20/h5-9,11-17H,10H2,1-4H3,(H2,25,26,28)/b12-5-,19-6+. The van der Waals surface area contributed by atoms with E-state index >= 15 is 0 Å². The molecule has 1 aromatic rings. The Kier molecular flexibility index (Phi) is 8.03. The Morgan fingerprint density at radius 1 is 1.25 bits per heavy atom. The van der Waals surface area contributed by atoms with E-state index in [1.165, 1.54) is 0 Å². The first-order valence-electron chi connectivity index (χ1n) is 9.34. The van der Waals surface area contributed by atoms with Crippen LogP contribution in [0.3, 0.4) is 0 Å². The van der Waals surface area contributed by atoms with Crippen LogP contribution in [0.15, 0.2) is 90.1 Å². The number of rotatable bonds is 6. The molecule has 0 bridgehead atoms. The van der Waals surface area contributed by atoms with E-state index in [-0.39, 0.29) is 6.03 Å². The molecule has 28 heavy (non-hydrogen) atoms. The van der Waals surface area contributed by atoms with E-state index in [0.717, 1.165) is 23.4 Å². The summed E-state index contributed by atoms with van der Waals surface area (Å²) in [6.07, 6.45) is 20.4. The first-order chi connectivity index (χ1) is 13.5. The van der Waals surface area contributed by atoms with Crippen molar-refractivity contribution in [3.8, 4) is 0 Å². The number of nitrogens with one attached hydrogen (secondary N) is 2. The molecule has 0 saturated heterocycles. The number of pyridine rings is 1. The van der Waals surface area contributed by atoms with Crippen molar-refractivity contribution in [2.24, 2.45) is 0 Å². The normalized spacial score (nSPS) is 13.7. The molecular formula is C23H28N4O. The number of carbonyl (C=O) groups is 1. The molecule has 2 N–H and O–H groups in total. The van der Waals surface area contributed by atoms with Gasteiger partial charge in [0.2, 0.25) is 0 Å². The van der Waals surface area contributed by atoms with E-state index in [0.29, 0.717) is 11.5 Å². The van der Waals surface area contributed by atoms with Gasteiger partial charge in [-0.2, -0.15) is 0 Å². The van der Waals surface area contributed by atoms with Gasteiger partial charge in [-0.3, -0.25) is 0 Å². The minimum Gasteiger partial charge on any atom is -0.308 e. The molecule has 146 valence electrons. The van der Waals surface area contributed by atoms with E-state index < -0.39 is 0 Å². The largest absolute Gasteiger partial charge is 0.323 e. The third-order valence-electron chi connectivity index (χ3n) is 3.82. The Bertz CT molecular complexity index is 868. The Balaban J connectivity index is 2.35. The summed E-state index contributed by atoms with van der Waals surface area (Å²) in [4.78, 5) is 19.0. The molecule has 0 atom stereocenters. The van der Waals surface area contributed by atoms with Crippen molar-refractivity contribution >= 4 is 17.5 Å². The van der Waals surface area contributed by atoms with Crippen molar-refractivity contribution in [2.75, 3.05) is 10.2 Å². The SMILES string of the molecule is C/C=C\C(=C/C)NC(=O)Nc1cccnc1N(C=C(C)C)C1=CCC=CC=C1. The van der Waals surface area contributed by atoms with Crippen LogP contribution in [0.5, 0.6) is 0 Å². The summed E-state index contributed by atoms with van der Waals surface area (Å²) in [6, 6.07) is 3.34. The smallest absolute Gasteiger partial charge is 0.308 e. The van der Waals surface area contributed by atoms with E-state index in [1.807, 2.05) is 81.3 Å². The second-order valence-corrected chi connectivity index (χ2v) is 6.43. The third-order valence-corrected chi connectivity index (χ3v) is 3.82. The Morgan fingerprint density at radius 2 is 2.07 bits per heavy atom. The lowest BCUT2D eigenvalue weighted by atomic mass is 10.2. The first kappa shape index (κ1) is 21.0.